The van der Waals surface area contributed by atoms with E-state index < -0.39 is 9.84 Å². The number of hydrogen-bond acceptors (Lipinski definition) is 5. The minimum Gasteiger partial charge on any atom is -0.379 e. The van der Waals surface area contributed by atoms with Crippen molar-refractivity contribution in [3.8, 4) is 0 Å². The van der Waals surface area contributed by atoms with Crippen molar-refractivity contribution < 1.29 is 13.2 Å². The fourth-order valence-electron chi connectivity index (χ4n) is 2.29. The first-order valence-electron chi connectivity index (χ1n) is 8.70. The summed E-state index contributed by atoms with van der Waals surface area (Å²) in [5, 5.41) is 6.40. The molecule has 0 spiro atoms. The highest BCUT2D eigenvalue weighted by Crippen LogP contribution is 2.03. The Morgan fingerprint density at radius 1 is 1.12 bits per heavy atom. The summed E-state index contributed by atoms with van der Waals surface area (Å²) in [4.78, 5) is 6.98. The molecule has 0 aliphatic carbocycles. The number of halogens is 1. The van der Waals surface area contributed by atoms with Gasteiger partial charge in [0.25, 0.3) is 0 Å². The Morgan fingerprint density at radius 2 is 1.72 bits per heavy atom. The summed E-state index contributed by atoms with van der Waals surface area (Å²) >= 11 is 0. The van der Waals surface area contributed by atoms with Crippen LogP contribution in [-0.2, 0) is 14.6 Å². The van der Waals surface area contributed by atoms with E-state index in [4.69, 9.17) is 4.74 Å². The molecule has 0 saturated carbocycles. The molecule has 0 amide bonds. The average Bonchev–Trinajstić information content (AvgIpc) is 2.44. The highest BCUT2D eigenvalue weighted by atomic mass is 127. The van der Waals surface area contributed by atoms with Gasteiger partial charge in [0.05, 0.1) is 25.5 Å². The standard InChI is InChI=1S/C16H36N4O3S.HI/c1-7-17-16(18-8-10-20(14(2)3)15(4)5)19-9-11-23-12-13-24(6,21)22;/h14-15H,7-13H2,1-6H3,(H2,17,18,19);1H. The number of guanidine groups is 1. The van der Waals surface area contributed by atoms with Gasteiger partial charge in [-0.1, -0.05) is 0 Å². The monoisotopic (exact) mass is 492 g/mol. The van der Waals surface area contributed by atoms with Gasteiger partial charge in [-0.3, -0.25) is 9.89 Å². The van der Waals surface area contributed by atoms with Gasteiger partial charge in [0, 0.05) is 38.0 Å². The fourth-order valence-corrected chi connectivity index (χ4v) is 2.71. The lowest BCUT2D eigenvalue weighted by atomic mass is 10.2. The first kappa shape index (κ1) is 27.1. The summed E-state index contributed by atoms with van der Waals surface area (Å²) in [5.74, 6) is 0.818. The molecule has 0 heterocycles. The van der Waals surface area contributed by atoms with Gasteiger partial charge in [0.2, 0.25) is 0 Å². The summed E-state index contributed by atoms with van der Waals surface area (Å²) in [6.07, 6.45) is 1.21. The van der Waals surface area contributed by atoms with Crippen LogP contribution >= 0.6 is 24.0 Å². The summed E-state index contributed by atoms with van der Waals surface area (Å²) in [6, 6.07) is 0.998. The van der Waals surface area contributed by atoms with Crippen molar-refractivity contribution in [2.24, 2.45) is 4.99 Å². The van der Waals surface area contributed by atoms with E-state index in [0.717, 1.165) is 25.6 Å². The quantitative estimate of drug-likeness (QED) is 0.185. The molecule has 0 radical (unpaired) electrons. The van der Waals surface area contributed by atoms with E-state index in [1.165, 1.54) is 6.26 Å². The molecule has 0 bridgehead atoms. The predicted octanol–water partition coefficient (Wildman–Crippen LogP) is 1.34. The van der Waals surface area contributed by atoms with E-state index in [1.807, 2.05) is 6.92 Å². The molecule has 0 aliphatic heterocycles. The average molecular weight is 492 g/mol. The lowest BCUT2D eigenvalue weighted by Gasteiger charge is -2.29. The van der Waals surface area contributed by atoms with Gasteiger partial charge in [-0.2, -0.15) is 0 Å². The summed E-state index contributed by atoms with van der Waals surface area (Å²) in [5.41, 5.74) is 0. The number of aliphatic imine (C=N–C) groups is 1. The van der Waals surface area contributed by atoms with Crippen LogP contribution in [0.25, 0.3) is 0 Å². The Morgan fingerprint density at radius 3 is 2.20 bits per heavy atom. The van der Waals surface area contributed by atoms with Gasteiger partial charge in [-0.15, -0.1) is 24.0 Å². The first-order chi connectivity index (χ1) is 11.2. The lowest BCUT2D eigenvalue weighted by molar-refractivity contribution is 0.154. The molecule has 0 aromatic carbocycles. The maximum atomic E-state index is 11.0. The Hall–Kier alpha value is -0.130. The second-order valence-electron chi connectivity index (χ2n) is 6.36. The van der Waals surface area contributed by atoms with Crippen molar-refractivity contribution in [2.75, 3.05) is 51.4 Å². The lowest BCUT2D eigenvalue weighted by Crippen LogP contribution is -2.41. The zero-order valence-electron chi connectivity index (χ0n) is 16.5. The van der Waals surface area contributed by atoms with E-state index in [1.54, 1.807) is 0 Å². The number of rotatable bonds is 12. The van der Waals surface area contributed by atoms with E-state index in [-0.39, 0.29) is 36.3 Å². The van der Waals surface area contributed by atoms with Gasteiger partial charge in [-0.05, 0) is 34.6 Å². The molecule has 0 aliphatic rings. The highest BCUT2D eigenvalue weighted by Gasteiger charge is 2.12. The molecule has 9 heteroatoms. The van der Waals surface area contributed by atoms with Crippen LogP contribution in [0.1, 0.15) is 34.6 Å². The van der Waals surface area contributed by atoms with Crippen molar-refractivity contribution in [3.63, 3.8) is 0 Å². The molecule has 152 valence electrons. The molecule has 0 atom stereocenters. The topological polar surface area (TPSA) is 83.0 Å². The third-order valence-electron chi connectivity index (χ3n) is 3.44. The number of hydrogen-bond donors (Lipinski definition) is 2. The fraction of sp³-hybridized carbons (Fsp3) is 0.938. The number of nitrogens with one attached hydrogen (secondary N) is 2. The minimum atomic E-state index is -2.96. The maximum absolute atomic E-state index is 11.0. The maximum Gasteiger partial charge on any atom is 0.191 e. The Labute approximate surface area is 171 Å². The smallest absolute Gasteiger partial charge is 0.191 e. The molecule has 25 heavy (non-hydrogen) atoms. The van der Waals surface area contributed by atoms with Crippen molar-refractivity contribution in [1.29, 1.82) is 0 Å². The zero-order chi connectivity index (χ0) is 18.6. The third-order valence-corrected chi connectivity index (χ3v) is 4.34. The van der Waals surface area contributed by atoms with Gasteiger partial charge in [-0.25, -0.2) is 8.42 Å². The van der Waals surface area contributed by atoms with E-state index in [9.17, 15) is 8.42 Å². The molecular formula is C16H37IN4O3S. The third kappa shape index (κ3) is 15.8. The van der Waals surface area contributed by atoms with Gasteiger partial charge in [0.1, 0.15) is 9.84 Å². The second kappa shape index (κ2) is 15.0. The van der Waals surface area contributed by atoms with Crippen LogP contribution < -0.4 is 10.6 Å². The van der Waals surface area contributed by atoms with Gasteiger partial charge >= 0.3 is 0 Å². The number of ether oxygens (including phenoxy) is 1. The van der Waals surface area contributed by atoms with Crippen LogP contribution in [0.2, 0.25) is 0 Å². The number of nitrogens with zero attached hydrogens (tertiary/aromatic N) is 2. The summed E-state index contributed by atoms with van der Waals surface area (Å²) in [7, 11) is -2.96. The van der Waals surface area contributed by atoms with Gasteiger partial charge < -0.3 is 15.4 Å². The van der Waals surface area contributed by atoms with E-state index in [0.29, 0.717) is 25.2 Å². The Kier molecular flexibility index (Phi) is 16.2. The molecule has 0 aromatic heterocycles. The van der Waals surface area contributed by atoms with Gasteiger partial charge in [0.15, 0.2) is 5.96 Å². The molecule has 0 aromatic rings. The Balaban J connectivity index is 0. The van der Waals surface area contributed by atoms with Crippen LogP contribution in [-0.4, -0.2) is 82.8 Å². The molecule has 0 saturated heterocycles. The first-order valence-corrected chi connectivity index (χ1v) is 10.8. The van der Waals surface area contributed by atoms with Crippen molar-refractivity contribution in [3.05, 3.63) is 0 Å². The second-order valence-corrected chi connectivity index (χ2v) is 8.61. The Bertz CT molecular complexity index is 448. The molecule has 0 rings (SSSR count). The molecule has 0 fully saturated rings. The molecule has 7 nitrogen and oxygen atoms in total. The number of sulfone groups is 1. The molecular weight excluding hydrogens is 455 g/mol. The van der Waals surface area contributed by atoms with Crippen LogP contribution in [0.15, 0.2) is 4.99 Å². The minimum absolute atomic E-state index is 0. The zero-order valence-corrected chi connectivity index (χ0v) is 19.7. The van der Waals surface area contributed by atoms with Crippen LogP contribution in [0, 0.1) is 0 Å². The highest BCUT2D eigenvalue weighted by molar-refractivity contribution is 14.0. The summed E-state index contributed by atoms with van der Waals surface area (Å²) < 4.78 is 27.3. The van der Waals surface area contributed by atoms with Crippen LogP contribution in [0.3, 0.4) is 0 Å². The normalized spacial score (nSPS) is 12.6. The van der Waals surface area contributed by atoms with Crippen molar-refractivity contribution >= 4 is 39.8 Å². The molecule has 0 unspecified atom stereocenters. The van der Waals surface area contributed by atoms with Crippen LogP contribution in [0.4, 0.5) is 0 Å². The van der Waals surface area contributed by atoms with E-state index in [2.05, 4.69) is 48.2 Å². The summed E-state index contributed by atoms with van der Waals surface area (Å²) in [6.45, 7) is 14.5. The van der Waals surface area contributed by atoms with E-state index >= 15 is 0 Å². The van der Waals surface area contributed by atoms with Crippen molar-refractivity contribution in [2.45, 2.75) is 46.7 Å². The largest absolute Gasteiger partial charge is 0.379 e. The predicted molar refractivity (Wildman–Crippen MR) is 117 cm³/mol. The van der Waals surface area contributed by atoms with Crippen LogP contribution in [0.5, 0.6) is 0 Å². The molecule has 2 N–H and O–H groups in total. The SMILES string of the molecule is CCNC(=NCCN(C(C)C)C(C)C)NCCOCCS(C)(=O)=O.I. The van der Waals surface area contributed by atoms with Crippen molar-refractivity contribution in [1.82, 2.24) is 15.5 Å².